The Bertz CT molecular complexity index is 467. The van der Waals surface area contributed by atoms with Crippen molar-refractivity contribution in [3.05, 3.63) is 34.3 Å². The number of aliphatic carboxylic acids is 1. The molecule has 1 rings (SSSR count). The van der Waals surface area contributed by atoms with Crippen molar-refractivity contribution >= 4 is 39.6 Å². The minimum Gasteiger partial charge on any atom is -0.480 e. The highest BCUT2D eigenvalue weighted by Gasteiger charge is 2.22. The van der Waals surface area contributed by atoms with Gasteiger partial charge in [0.15, 0.2) is 0 Å². The summed E-state index contributed by atoms with van der Waals surface area (Å²) in [5.41, 5.74) is 0.900. The molecule has 1 aromatic rings. The number of hydrogen-bond donors (Lipinski definition) is 1. The average Bonchev–Trinajstić information content (AvgIpc) is 2.35. The molecule has 104 valence electrons. The highest BCUT2D eigenvalue weighted by molar-refractivity contribution is 9.10. The molecule has 1 N–H and O–H groups in total. The van der Waals surface area contributed by atoms with Crippen molar-refractivity contribution in [3.8, 4) is 0 Å². The van der Waals surface area contributed by atoms with Gasteiger partial charge in [-0.25, -0.2) is 0 Å². The van der Waals surface area contributed by atoms with Crippen molar-refractivity contribution in [1.29, 1.82) is 0 Å². The first-order valence-electron chi connectivity index (χ1n) is 5.72. The van der Waals surface area contributed by atoms with Crippen molar-refractivity contribution < 1.29 is 14.7 Å². The third-order valence-corrected chi connectivity index (χ3v) is 4.00. The van der Waals surface area contributed by atoms with E-state index in [1.54, 1.807) is 6.92 Å². The first-order valence-corrected chi connectivity index (χ1v) is 7.80. The van der Waals surface area contributed by atoms with Crippen LogP contribution in [0.25, 0.3) is 0 Å². The van der Waals surface area contributed by atoms with Gasteiger partial charge in [0.05, 0.1) is 5.25 Å². The van der Waals surface area contributed by atoms with Crippen LogP contribution in [-0.2, 0) is 16.1 Å². The van der Waals surface area contributed by atoms with Crippen LogP contribution in [0.15, 0.2) is 28.7 Å². The molecule has 0 radical (unpaired) electrons. The summed E-state index contributed by atoms with van der Waals surface area (Å²) in [5.74, 6) is -1.16. The van der Waals surface area contributed by atoms with E-state index in [1.807, 2.05) is 30.5 Å². The number of carbonyl (C=O) groups is 2. The van der Waals surface area contributed by atoms with E-state index in [1.165, 1.54) is 16.7 Å². The lowest BCUT2D eigenvalue weighted by Gasteiger charge is -2.23. The van der Waals surface area contributed by atoms with Crippen LogP contribution in [-0.4, -0.2) is 39.9 Å². The van der Waals surface area contributed by atoms with E-state index in [2.05, 4.69) is 15.9 Å². The Hall–Kier alpha value is -1.01. The van der Waals surface area contributed by atoms with E-state index in [0.29, 0.717) is 6.54 Å². The molecule has 0 aliphatic carbocycles. The molecule has 0 heterocycles. The number of thioether (sulfide) groups is 1. The molecule has 1 atom stereocenters. The van der Waals surface area contributed by atoms with Crippen molar-refractivity contribution in [2.24, 2.45) is 0 Å². The number of carbonyl (C=O) groups excluding carboxylic acids is 1. The summed E-state index contributed by atoms with van der Waals surface area (Å²) in [7, 11) is 0. The van der Waals surface area contributed by atoms with E-state index in [9.17, 15) is 9.59 Å². The topological polar surface area (TPSA) is 57.6 Å². The Morgan fingerprint density at radius 1 is 1.47 bits per heavy atom. The molecule has 0 bridgehead atoms. The zero-order valence-corrected chi connectivity index (χ0v) is 13.2. The summed E-state index contributed by atoms with van der Waals surface area (Å²) in [6.07, 6.45) is 1.83. The fraction of sp³-hybridized carbons (Fsp3) is 0.385. The summed E-state index contributed by atoms with van der Waals surface area (Å²) in [6, 6.07) is 7.50. The van der Waals surface area contributed by atoms with Gasteiger partial charge in [0, 0.05) is 11.0 Å². The smallest absolute Gasteiger partial charge is 0.323 e. The van der Waals surface area contributed by atoms with E-state index < -0.39 is 5.97 Å². The van der Waals surface area contributed by atoms with Crippen LogP contribution in [0, 0.1) is 0 Å². The van der Waals surface area contributed by atoms with Crippen LogP contribution in [0.4, 0.5) is 0 Å². The number of nitrogens with zero attached hydrogens (tertiary/aromatic N) is 1. The van der Waals surface area contributed by atoms with Crippen LogP contribution in [0.5, 0.6) is 0 Å². The first kappa shape index (κ1) is 16.0. The molecule has 0 fully saturated rings. The maximum absolute atomic E-state index is 12.1. The third kappa shape index (κ3) is 5.24. The molecule has 0 saturated heterocycles. The molecule has 0 saturated carbocycles. The quantitative estimate of drug-likeness (QED) is 0.860. The fourth-order valence-corrected chi connectivity index (χ4v) is 2.39. The maximum Gasteiger partial charge on any atom is 0.323 e. The Morgan fingerprint density at radius 2 is 2.16 bits per heavy atom. The van der Waals surface area contributed by atoms with Gasteiger partial charge in [-0.2, -0.15) is 11.8 Å². The normalized spacial score (nSPS) is 11.9. The zero-order chi connectivity index (χ0) is 14.4. The SMILES string of the molecule is CSC(C)C(=O)N(CC(=O)O)Cc1cccc(Br)c1. The Balaban J connectivity index is 2.85. The summed E-state index contributed by atoms with van der Waals surface area (Å²) in [6.45, 7) is 1.80. The van der Waals surface area contributed by atoms with Crippen molar-refractivity contribution in [3.63, 3.8) is 0 Å². The third-order valence-electron chi connectivity index (χ3n) is 2.60. The van der Waals surface area contributed by atoms with Crippen molar-refractivity contribution in [1.82, 2.24) is 4.90 Å². The summed E-state index contributed by atoms with van der Waals surface area (Å²) < 4.78 is 0.908. The molecule has 19 heavy (non-hydrogen) atoms. The average molecular weight is 346 g/mol. The highest BCUT2D eigenvalue weighted by atomic mass is 79.9. The van der Waals surface area contributed by atoms with E-state index in [4.69, 9.17) is 5.11 Å². The molecule has 1 unspecified atom stereocenters. The predicted octanol–water partition coefficient (Wildman–Crippen LogP) is 2.61. The van der Waals surface area contributed by atoms with Gasteiger partial charge >= 0.3 is 5.97 Å². The number of halogens is 1. The molecule has 0 aliphatic rings. The Kier molecular flexibility index (Phi) is 6.37. The van der Waals surface area contributed by atoms with E-state index in [0.717, 1.165) is 10.0 Å². The Labute approximate surface area is 125 Å². The monoisotopic (exact) mass is 345 g/mol. The molecule has 0 aromatic heterocycles. The van der Waals surface area contributed by atoms with Crippen molar-refractivity contribution in [2.75, 3.05) is 12.8 Å². The van der Waals surface area contributed by atoms with Crippen LogP contribution >= 0.6 is 27.7 Å². The summed E-state index contributed by atoms with van der Waals surface area (Å²) in [5, 5.41) is 8.67. The fourth-order valence-electron chi connectivity index (χ4n) is 1.59. The standard InChI is InChI=1S/C13H16BrNO3S/c1-9(19-2)13(18)15(8-12(16)17)7-10-4-3-5-11(14)6-10/h3-6,9H,7-8H2,1-2H3,(H,16,17). The van der Waals surface area contributed by atoms with E-state index >= 15 is 0 Å². The van der Waals surface area contributed by atoms with Gasteiger partial charge in [-0.15, -0.1) is 0 Å². The number of amides is 1. The zero-order valence-electron chi connectivity index (χ0n) is 10.8. The number of carboxylic acid groups (broad SMARTS) is 1. The van der Waals surface area contributed by atoms with Crippen LogP contribution in [0.3, 0.4) is 0 Å². The minimum absolute atomic E-state index is 0.158. The van der Waals surface area contributed by atoms with Gasteiger partial charge in [-0.3, -0.25) is 9.59 Å². The van der Waals surface area contributed by atoms with Crippen LogP contribution < -0.4 is 0 Å². The highest BCUT2D eigenvalue weighted by Crippen LogP contribution is 2.16. The van der Waals surface area contributed by atoms with Gasteiger partial charge in [-0.1, -0.05) is 28.1 Å². The van der Waals surface area contributed by atoms with Gasteiger partial charge in [-0.05, 0) is 30.9 Å². The van der Waals surface area contributed by atoms with Gasteiger partial charge in [0.2, 0.25) is 5.91 Å². The van der Waals surface area contributed by atoms with Gasteiger partial charge in [0.25, 0.3) is 0 Å². The molecule has 4 nitrogen and oxygen atoms in total. The molecule has 6 heteroatoms. The molecule has 1 aromatic carbocycles. The minimum atomic E-state index is -1.00. The number of benzene rings is 1. The Morgan fingerprint density at radius 3 is 2.68 bits per heavy atom. The van der Waals surface area contributed by atoms with Gasteiger partial charge in [0.1, 0.15) is 6.54 Å². The number of carboxylic acids is 1. The first-order chi connectivity index (χ1) is 8.93. The van der Waals surface area contributed by atoms with Gasteiger partial charge < -0.3 is 10.0 Å². The molecular weight excluding hydrogens is 330 g/mol. The molecule has 0 aliphatic heterocycles. The lowest BCUT2D eigenvalue weighted by atomic mass is 10.2. The lowest BCUT2D eigenvalue weighted by Crippen LogP contribution is -2.39. The van der Waals surface area contributed by atoms with Crippen LogP contribution in [0.1, 0.15) is 12.5 Å². The van der Waals surface area contributed by atoms with E-state index in [-0.39, 0.29) is 17.7 Å². The second kappa shape index (κ2) is 7.55. The largest absolute Gasteiger partial charge is 0.480 e. The predicted molar refractivity (Wildman–Crippen MR) is 80.2 cm³/mol. The molecule has 0 spiro atoms. The number of hydrogen-bond acceptors (Lipinski definition) is 3. The van der Waals surface area contributed by atoms with Crippen molar-refractivity contribution in [2.45, 2.75) is 18.7 Å². The summed E-state index contributed by atoms with van der Waals surface area (Å²) >= 11 is 4.77. The molecular formula is C13H16BrNO3S. The van der Waals surface area contributed by atoms with Crippen LogP contribution in [0.2, 0.25) is 0 Å². The lowest BCUT2D eigenvalue weighted by molar-refractivity contribution is -0.144. The second-order valence-electron chi connectivity index (χ2n) is 4.10. The second-order valence-corrected chi connectivity index (χ2v) is 6.19. The maximum atomic E-state index is 12.1. The number of rotatable bonds is 6. The summed E-state index contributed by atoms with van der Waals surface area (Å²) in [4.78, 5) is 24.4. The molecule has 1 amide bonds.